The first kappa shape index (κ1) is 24.2. The van der Waals surface area contributed by atoms with Gasteiger partial charge in [0.2, 0.25) is 0 Å². The summed E-state index contributed by atoms with van der Waals surface area (Å²) in [6.45, 7) is 1.41. The number of anilines is 1. The van der Waals surface area contributed by atoms with Crippen LogP contribution in [0, 0.1) is 5.82 Å². The number of hydrogen-bond acceptors (Lipinski definition) is 3. The second-order valence-corrected chi connectivity index (χ2v) is 6.80. The number of hydrogen-bond donors (Lipinski definition) is 2. The molecule has 164 valence electrons. The van der Waals surface area contributed by atoms with Gasteiger partial charge < -0.3 is 20.5 Å². The zero-order valence-corrected chi connectivity index (χ0v) is 18.2. The van der Waals surface area contributed by atoms with Crippen LogP contribution in [0.5, 0.6) is 5.75 Å². The van der Waals surface area contributed by atoms with E-state index >= 15 is 0 Å². The first-order valence-corrected chi connectivity index (χ1v) is 9.02. The Kier molecular flexibility index (Phi) is 8.30. The van der Waals surface area contributed by atoms with E-state index in [2.05, 4.69) is 15.0 Å². The number of nitrogens with one attached hydrogen (secondary N) is 1. The molecule has 2 aromatic carbocycles. The molecule has 0 saturated carbocycles. The fraction of sp³-hybridized carbons (Fsp3) is 0.350. The third-order valence-corrected chi connectivity index (χ3v) is 4.80. The maximum atomic E-state index is 13.7. The van der Waals surface area contributed by atoms with Gasteiger partial charge in [-0.3, -0.25) is 4.99 Å². The predicted molar refractivity (Wildman–Crippen MR) is 117 cm³/mol. The summed E-state index contributed by atoms with van der Waals surface area (Å²) in [6.07, 6.45) is -3.39. The molecule has 0 atom stereocenters. The van der Waals surface area contributed by atoms with Gasteiger partial charge in [-0.05, 0) is 54.8 Å². The maximum Gasteiger partial charge on any atom is 0.573 e. The Morgan fingerprint density at radius 3 is 2.40 bits per heavy atom. The molecular formula is C20H22F4IN3O2. The van der Waals surface area contributed by atoms with Crippen LogP contribution in [0.4, 0.5) is 23.2 Å². The number of guanidine groups is 1. The zero-order chi connectivity index (χ0) is 20.9. The van der Waals surface area contributed by atoms with Gasteiger partial charge in [-0.1, -0.05) is 12.1 Å². The van der Waals surface area contributed by atoms with E-state index in [4.69, 9.17) is 10.5 Å². The molecule has 1 aliphatic rings. The fourth-order valence-electron chi connectivity index (χ4n) is 3.28. The van der Waals surface area contributed by atoms with E-state index in [1.54, 1.807) is 6.07 Å². The Bertz CT molecular complexity index is 854. The van der Waals surface area contributed by atoms with Crippen LogP contribution in [-0.2, 0) is 10.2 Å². The van der Waals surface area contributed by atoms with Crippen LogP contribution in [-0.4, -0.2) is 32.1 Å². The molecule has 2 aromatic rings. The molecule has 0 aromatic heterocycles. The summed E-state index contributed by atoms with van der Waals surface area (Å²) in [5.41, 5.74) is 6.86. The molecule has 10 heteroatoms. The van der Waals surface area contributed by atoms with E-state index in [1.165, 1.54) is 36.4 Å². The molecule has 0 spiro atoms. The highest BCUT2D eigenvalue weighted by molar-refractivity contribution is 14.0. The molecule has 0 unspecified atom stereocenters. The highest BCUT2D eigenvalue weighted by Gasteiger charge is 2.35. The molecule has 0 aliphatic carbocycles. The van der Waals surface area contributed by atoms with Crippen LogP contribution in [0.2, 0.25) is 0 Å². The van der Waals surface area contributed by atoms with E-state index in [1.807, 2.05) is 6.07 Å². The third kappa shape index (κ3) is 6.73. The minimum atomic E-state index is -4.75. The zero-order valence-electron chi connectivity index (χ0n) is 15.9. The van der Waals surface area contributed by atoms with E-state index in [9.17, 15) is 17.6 Å². The summed E-state index contributed by atoms with van der Waals surface area (Å²) in [5, 5.41) is 2.84. The summed E-state index contributed by atoms with van der Waals surface area (Å²) in [7, 11) is 0. The fourth-order valence-corrected chi connectivity index (χ4v) is 3.28. The van der Waals surface area contributed by atoms with Gasteiger partial charge in [0.25, 0.3) is 0 Å². The van der Waals surface area contributed by atoms with Crippen molar-refractivity contribution in [1.82, 2.24) is 0 Å². The van der Waals surface area contributed by atoms with Crippen molar-refractivity contribution in [3.05, 3.63) is 59.9 Å². The lowest BCUT2D eigenvalue weighted by atomic mass is 9.74. The molecular weight excluding hydrogens is 517 g/mol. The second-order valence-electron chi connectivity index (χ2n) is 6.80. The quantitative estimate of drug-likeness (QED) is 0.248. The standard InChI is InChI=1S/C20H21F4N3O2.HI/c21-15-3-1-2-14(12-15)19(8-10-28-11-9-19)13-26-18(25)27-16-4-6-17(7-5-16)29-20(22,23)24;/h1-7,12H,8-11,13H2,(H3,25,26,27);1H. The first-order valence-electron chi connectivity index (χ1n) is 9.02. The van der Waals surface area contributed by atoms with Gasteiger partial charge in [-0.15, -0.1) is 37.1 Å². The van der Waals surface area contributed by atoms with Crippen LogP contribution < -0.4 is 15.8 Å². The molecule has 0 amide bonds. The normalized spacial score (nSPS) is 16.5. The molecule has 5 nitrogen and oxygen atoms in total. The Labute approximate surface area is 188 Å². The lowest BCUT2D eigenvalue weighted by Crippen LogP contribution is -2.38. The number of nitrogens with zero attached hydrogens (tertiary/aromatic N) is 1. The highest BCUT2D eigenvalue weighted by atomic mass is 127. The molecule has 1 heterocycles. The van der Waals surface area contributed by atoms with E-state index in [0.29, 0.717) is 38.3 Å². The smallest absolute Gasteiger partial charge is 0.406 e. The number of nitrogens with two attached hydrogens (primary N) is 1. The van der Waals surface area contributed by atoms with Gasteiger partial charge in [0, 0.05) is 24.3 Å². The van der Waals surface area contributed by atoms with Gasteiger partial charge in [-0.2, -0.15) is 0 Å². The lowest BCUT2D eigenvalue weighted by Gasteiger charge is -2.36. The second kappa shape index (κ2) is 10.3. The Morgan fingerprint density at radius 1 is 1.13 bits per heavy atom. The minimum absolute atomic E-state index is 0. The largest absolute Gasteiger partial charge is 0.573 e. The van der Waals surface area contributed by atoms with Gasteiger partial charge >= 0.3 is 6.36 Å². The topological polar surface area (TPSA) is 68.9 Å². The van der Waals surface area contributed by atoms with Crippen LogP contribution in [0.1, 0.15) is 18.4 Å². The van der Waals surface area contributed by atoms with Crippen LogP contribution >= 0.6 is 24.0 Å². The molecule has 3 N–H and O–H groups in total. The monoisotopic (exact) mass is 539 g/mol. The summed E-state index contributed by atoms with van der Waals surface area (Å²) in [5.74, 6) is -0.535. The number of rotatable bonds is 5. The van der Waals surface area contributed by atoms with Gasteiger partial charge in [-0.25, -0.2) is 4.39 Å². The number of alkyl halides is 3. The minimum Gasteiger partial charge on any atom is -0.406 e. The Balaban J connectivity index is 0.00000320. The van der Waals surface area contributed by atoms with Crippen molar-refractivity contribution in [2.75, 3.05) is 25.1 Å². The van der Waals surface area contributed by atoms with Crippen LogP contribution in [0.25, 0.3) is 0 Å². The summed E-state index contributed by atoms with van der Waals surface area (Å²) in [4.78, 5) is 4.40. The van der Waals surface area contributed by atoms with Crippen LogP contribution in [0.15, 0.2) is 53.5 Å². The SMILES string of the molecule is I.NC(=NCC1(c2cccc(F)c2)CCOCC1)Nc1ccc(OC(F)(F)F)cc1. The van der Waals surface area contributed by atoms with Crippen molar-refractivity contribution < 1.29 is 27.0 Å². The van der Waals surface area contributed by atoms with Crippen molar-refractivity contribution in [1.29, 1.82) is 0 Å². The van der Waals surface area contributed by atoms with Crippen LogP contribution in [0.3, 0.4) is 0 Å². The number of halogens is 5. The van der Waals surface area contributed by atoms with Crippen molar-refractivity contribution in [3.63, 3.8) is 0 Å². The van der Waals surface area contributed by atoms with E-state index in [-0.39, 0.29) is 41.5 Å². The van der Waals surface area contributed by atoms with Crippen molar-refractivity contribution in [2.45, 2.75) is 24.6 Å². The van der Waals surface area contributed by atoms with Crippen molar-refractivity contribution in [2.24, 2.45) is 10.7 Å². The number of benzene rings is 2. The number of ether oxygens (including phenoxy) is 2. The Morgan fingerprint density at radius 2 is 1.80 bits per heavy atom. The molecule has 0 radical (unpaired) electrons. The van der Waals surface area contributed by atoms with E-state index < -0.39 is 11.8 Å². The average Bonchev–Trinajstić information content (AvgIpc) is 2.68. The lowest BCUT2D eigenvalue weighted by molar-refractivity contribution is -0.274. The summed E-state index contributed by atoms with van der Waals surface area (Å²) in [6, 6.07) is 11.6. The molecule has 30 heavy (non-hydrogen) atoms. The Hall–Kier alpha value is -2.08. The van der Waals surface area contributed by atoms with Gasteiger partial charge in [0.05, 0.1) is 6.54 Å². The molecule has 1 aliphatic heterocycles. The average molecular weight is 539 g/mol. The predicted octanol–water partition coefficient (Wildman–Crippen LogP) is 4.82. The molecule has 3 rings (SSSR count). The third-order valence-electron chi connectivity index (χ3n) is 4.80. The summed E-state index contributed by atoms with van der Waals surface area (Å²) >= 11 is 0. The van der Waals surface area contributed by atoms with Gasteiger partial charge in [0.15, 0.2) is 5.96 Å². The van der Waals surface area contributed by atoms with E-state index in [0.717, 1.165) is 5.56 Å². The maximum absolute atomic E-state index is 13.7. The number of aliphatic imine (C=N–C) groups is 1. The molecule has 1 saturated heterocycles. The first-order chi connectivity index (χ1) is 13.8. The summed E-state index contributed by atoms with van der Waals surface area (Å²) < 4.78 is 59.7. The van der Waals surface area contributed by atoms with Gasteiger partial charge in [0.1, 0.15) is 11.6 Å². The van der Waals surface area contributed by atoms with Crippen molar-refractivity contribution >= 4 is 35.6 Å². The van der Waals surface area contributed by atoms with Crippen molar-refractivity contribution in [3.8, 4) is 5.75 Å². The molecule has 1 fully saturated rings. The molecule has 0 bridgehead atoms. The highest BCUT2D eigenvalue weighted by Crippen LogP contribution is 2.35.